The number of H-pyrrole nitrogens is 1. The number of imidazole rings is 1. The molecule has 0 bridgehead atoms. The Hall–Kier alpha value is -1.36. The number of nitrogens with zero attached hydrogens (tertiary/aromatic N) is 1. The first-order valence-corrected chi connectivity index (χ1v) is 7.29. The molecule has 1 aromatic rings. The van der Waals surface area contributed by atoms with Crippen molar-refractivity contribution < 1.29 is 4.79 Å². The van der Waals surface area contributed by atoms with E-state index in [2.05, 4.69) is 27.5 Å². The van der Waals surface area contributed by atoms with Crippen LogP contribution in [0.3, 0.4) is 0 Å². The highest BCUT2D eigenvalue weighted by Crippen LogP contribution is 2.27. The molecule has 1 aromatic heterocycles. The Morgan fingerprint density at radius 1 is 1.47 bits per heavy atom. The molecule has 5 heteroatoms. The summed E-state index contributed by atoms with van der Waals surface area (Å²) in [6.45, 7) is 2.84. The van der Waals surface area contributed by atoms with Crippen LogP contribution in [0.2, 0.25) is 0 Å². The third kappa shape index (κ3) is 2.66. The maximum absolute atomic E-state index is 12.3. The molecule has 1 aliphatic carbocycles. The number of rotatable bonds is 3. The van der Waals surface area contributed by atoms with Gasteiger partial charge in [0.05, 0.1) is 23.8 Å². The van der Waals surface area contributed by atoms with Crippen LogP contribution in [0.1, 0.15) is 44.0 Å². The van der Waals surface area contributed by atoms with Crippen molar-refractivity contribution in [2.45, 2.75) is 57.7 Å². The van der Waals surface area contributed by atoms with Crippen molar-refractivity contribution in [1.82, 2.24) is 20.6 Å². The predicted octanol–water partition coefficient (Wildman–Crippen LogP) is 1.12. The lowest BCUT2D eigenvalue weighted by Gasteiger charge is -2.26. The number of hydrogen-bond donors (Lipinski definition) is 3. The summed E-state index contributed by atoms with van der Waals surface area (Å²) in [5, 5.41) is 6.45. The van der Waals surface area contributed by atoms with E-state index >= 15 is 0 Å². The molecule has 3 rings (SSSR count). The van der Waals surface area contributed by atoms with Gasteiger partial charge in [-0.3, -0.25) is 10.1 Å². The summed E-state index contributed by atoms with van der Waals surface area (Å²) < 4.78 is 0. The number of hydrogen-bond acceptors (Lipinski definition) is 3. The molecule has 1 fully saturated rings. The van der Waals surface area contributed by atoms with Crippen LogP contribution in [-0.2, 0) is 17.8 Å². The lowest BCUT2D eigenvalue weighted by molar-refractivity contribution is -0.124. The number of carbonyl (C=O) groups excluding carboxylic acids is 1. The number of amides is 1. The SMILES string of the molecule is C[C@H](NC(=O)C1Cc2nc[nH]c2CN1)C1CCCC1. The summed E-state index contributed by atoms with van der Waals surface area (Å²) in [4.78, 5) is 19.7. The van der Waals surface area contributed by atoms with E-state index in [0.29, 0.717) is 18.9 Å². The van der Waals surface area contributed by atoms with Crippen LogP contribution in [-0.4, -0.2) is 28.0 Å². The van der Waals surface area contributed by atoms with E-state index in [1.165, 1.54) is 25.7 Å². The highest BCUT2D eigenvalue weighted by molar-refractivity contribution is 5.82. The van der Waals surface area contributed by atoms with Gasteiger partial charge in [0.2, 0.25) is 5.91 Å². The molecule has 2 aliphatic rings. The molecule has 1 aliphatic heterocycles. The Labute approximate surface area is 113 Å². The van der Waals surface area contributed by atoms with Crippen molar-refractivity contribution in [2.75, 3.05) is 0 Å². The lowest BCUT2D eigenvalue weighted by Crippen LogP contribution is -2.51. The van der Waals surface area contributed by atoms with E-state index in [1.54, 1.807) is 6.33 Å². The van der Waals surface area contributed by atoms with E-state index in [9.17, 15) is 4.79 Å². The van der Waals surface area contributed by atoms with E-state index in [0.717, 1.165) is 11.4 Å². The van der Waals surface area contributed by atoms with Crippen LogP contribution >= 0.6 is 0 Å². The average Bonchev–Trinajstić information content (AvgIpc) is 3.09. The average molecular weight is 262 g/mol. The van der Waals surface area contributed by atoms with E-state index in [4.69, 9.17) is 0 Å². The highest BCUT2D eigenvalue weighted by atomic mass is 16.2. The number of aromatic amines is 1. The maximum Gasteiger partial charge on any atom is 0.237 e. The first-order valence-electron chi connectivity index (χ1n) is 7.29. The third-order valence-electron chi connectivity index (χ3n) is 4.52. The first kappa shape index (κ1) is 12.7. The second-order valence-corrected chi connectivity index (χ2v) is 5.81. The maximum atomic E-state index is 12.3. The normalized spacial score (nSPS) is 25.0. The van der Waals surface area contributed by atoms with Gasteiger partial charge in [0.15, 0.2) is 0 Å². The third-order valence-corrected chi connectivity index (χ3v) is 4.52. The van der Waals surface area contributed by atoms with Gasteiger partial charge in [-0.25, -0.2) is 4.98 Å². The van der Waals surface area contributed by atoms with Crippen molar-refractivity contribution in [3.63, 3.8) is 0 Å². The summed E-state index contributed by atoms with van der Waals surface area (Å²) in [5.74, 6) is 0.779. The van der Waals surface area contributed by atoms with Crippen molar-refractivity contribution in [3.8, 4) is 0 Å². The van der Waals surface area contributed by atoms with E-state index in [-0.39, 0.29) is 18.0 Å². The molecule has 5 nitrogen and oxygen atoms in total. The minimum absolute atomic E-state index is 0.119. The molecule has 3 N–H and O–H groups in total. The fraction of sp³-hybridized carbons (Fsp3) is 0.714. The zero-order chi connectivity index (χ0) is 13.2. The van der Waals surface area contributed by atoms with Gasteiger partial charge >= 0.3 is 0 Å². The monoisotopic (exact) mass is 262 g/mol. The molecule has 0 radical (unpaired) electrons. The zero-order valence-electron chi connectivity index (χ0n) is 11.4. The highest BCUT2D eigenvalue weighted by Gasteiger charge is 2.29. The number of carbonyl (C=O) groups is 1. The summed E-state index contributed by atoms with van der Waals surface area (Å²) in [6.07, 6.45) is 7.51. The van der Waals surface area contributed by atoms with Gasteiger partial charge in [0.25, 0.3) is 0 Å². The van der Waals surface area contributed by atoms with Crippen LogP contribution in [0, 0.1) is 5.92 Å². The van der Waals surface area contributed by atoms with Gasteiger partial charge < -0.3 is 10.3 Å². The number of nitrogens with one attached hydrogen (secondary N) is 3. The standard InChI is InChI=1S/C14H22N4O/c1-9(10-4-2-3-5-10)18-14(19)12-6-11-13(7-15-12)17-8-16-11/h8-10,12,15H,2-7H2,1H3,(H,16,17)(H,18,19)/t9-,12?/m0/s1. The number of aromatic nitrogens is 2. The van der Waals surface area contributed by atoms with Gasteiger partial charge in [0, 0.05) is 19.0 Å². The fourth-order valence-corrected chi connectivity index (χ4v) is 3.25. The van der Waals surface area contributed by atoms with Crippen LogP contribution in [0.25, 0.3) is 0 Å². The molecule has 2 heterocycles. The van der Waals surface area contributed by atoms with E-state index in [1.807, 2.05) is 0 Å². The van der Waals surface area contributed by atoms with Gasteiger partial charge in [-0.15, -0.1) is 0 Å². The molecule has 0 spiro atoms. The van der Waals surface area contributed by atoms with Gasteiger partial charge in [0.1, 0.15) is 0 Å². The molecule has 19 heavy (non-hydrogen) atoms. The van der Waals surface area contributed by atoms with Crippen LogP contribution in [0.15, 0.2) is 6.33 Å². The smallest absolute Gasteiger partial charge is 0.237 e. The molecule has 1 amide bonds. The van der Waals surface area contributed by atoms with Crippen molar-refractivity contribution in [1.29, 1.82) is 0 Å². The van der Waals surface area contributed by atoms with E-state index < -0.39 is 0 Å². The van der Waals surface area contributed by atoms with Crippen molar-refractivity contribution in [2.24, 2.45) is 5.92 Å². The molecular formula is C14H22N4O. The van der Waals surface area contributed by atoms with Gasteiger partial charge in [-0.2, -0.15) is 0 Å². The molecular weight excluding hydrogens is 240 g/mol. The van der Waals surface area contributed by atoms with Crippen LogP contribution in [0.4, 0.5) is 0 Å². The van der Waals surface area contributed by atoms with Crippen molar-refractivity contribution in [3.05, 3.63) is 17.7 Å². The Bertz CT molecular complexity index is 450. The predicted molar refractivity (Wildman–Crippen MR) is 72.5 cm³/mol. The van der Waals surface area contributed by atoms with Crippen LogP contribution < -0.4 is 10.6 Å². The lowest BCUT2D eigenvalue weighted by atomic mass is 9.98. The molecule has 0 saturated heterocycles. The second kappa shape index (κ2) is 5.33. The van der Waals surface area contributed by atoms with Gasteiger partial charge in [-0.05, 0) is 25.7 Å². The minimum atomic E-state index is -0.139. The second-order valence-electron chi connectivity index (χ2n) is 5.81. The van der Waals surface area contributed by atoms with Crippen LogP contribution in [0.5, 0.6) is 0 Å². The Morgan fingerprint density at radius 3 is 3.05 bits per heavy atom. The molecule has 1 saturated carbocycles. The molecule has 0 aromatic carbocycles. The number of fused-ring (bicyclic) bond motifs is 1. The summed E-state index contributed by atoms with van der Waals surface area (Å²) in [7, 11) is 0. The summed E-state index contributed by atoms with van der Waals surface area (Å²) in [5.41, 5.74) is 2.13. The minimum Gasteiger partial charge on any atom is -0.352 e. The summed E-state index contributed by atoms with van der Waals surface area (Å²) in [6, 6.07) is 0.150. The zero-order valence-corrected chi connectivity index (χ0v) is 11.4. The Morgan fingerprint density at radius 2 is 2.26 bits per heavy atom. The first-order chi connectivity index (χ1) is 9.24. The largest absolute Gasteiger partial charge is 0.352 e. The quantitative estimate of drug-likeness (QED) is 0.764. The van der Waals surface area contributed by atoms with Gasteiger partial charge in [-0.1, -0.05) is 12.8 Å². The topological polar surface area (TPSA) is 69.8 Å². The molecule has 1 unspecified atom stereocenters. The van der Waals surface area contributed by atoms with Crippen molar-refractivity contribution >= 4 is 5.91 Å². The Kier molecular flexibility index (Phi) is 3.55. The summed E-state index contributed by atoms with van der Waals surface area (Å²) >= 11 is 0. The molecule has 104 valence electrons. The Balaban J connectivity index is 1.56. The molecule has 2 atom stereocenters. The fourth-order valence-electron chi connectivity index (χ4n) is 3.25.